The predicted octanol–water partition coefficient (Wildman–Crippen LogP) is 18.5. The zero-order valence-electron chi connectivity index (χ0n) is 50.4. The molecule has 18 rings (SSSR count). The lowest BCUT2D eigenvalue weighted by molar-refractivity contribution is 1.18. The molecule has 18 aromatic rings. The molecule has 0 aliphatic heterocycles. The Balaban J connectivity index is 0.725. The quantitative estimate of drug-likeness (QED) is 0.101. The third-order valence-corrected chi connectivity index (χ3v) is 24.2. The van der Waals surface area contributed by atoms with Gasteiger partial charge in [0, 0.05) is 65.8 Å². The van der Waals surface area contributed by atoms with Crippen molar-refractivity contribution in [1.82, 2.24) is 18.3 Å². The number of rotatable bonds is 10. The second-order valence-corrected chi connectivity index (χ2v) is 28.0. The van der Waals surface area contributed by atoms with E-state index in [1.165, 1.54) is 63.8 Å². The molecule has 0 bridgehead atoms. The minimum Gasteiger partial charge on any atom is -0.309 e. The fraction of sp³-hybridized carbons (Fsp3) is 0. The molecule has 4 aromatic heterocycles. The maximum Gasteiger partial charge on any atom is 0.179 e. The van der Waals surface area contributed by atoms with Crippen LogP contribution < -0.4 is 20.7 Å². The molecule has 0 radical (unpaired) electrons. The van der Waals surface area contributed by atoms with E-state index >= 15 is 0 Å². The topological polar surface area (TPSA) is 67.3 Å². The van der Waals surface area contributed by atoms with Crippen molar-refractivity contribution in [2.75, 3.05) is 0 Å². The van der Waals surface area contributed by atoms with Crippen LogP contribution in [0.15, 0.2) is 328 Å². The highest BCUT2D eigenvalue weighted by Gasteiger charge is 2.41. The van der Waals surface area contributed by atoms with E-state index < -0.39 is 8.07 Å². The summed E-state index contributed by atoms with van der Waals surface area (Å²) in [5, 5.41) is 33.9. The molecule has 0 atom stereocenters. The van der Waals surface area contributed by atoms with Gasteiger partial charge in [0.1, 0.15) is 0 Å². The van der Waals surface area contributed by atoms with Gasteiger partial charge in [-0.15, -0.1) is 0 Å². The summed E-state index contributed by atoms with van der Waals surface area (Å²) in [7, 11) is -2.98. The first-order chi connectivity index (χ1) is 46.0. The maximum atomic E-state index is 9.55. The van der Waals surface area contributed by atoms with Gasteiger partial charge >= 0.3 is 0 Å². The highest BCUT2D eigenvalue weighted by atomic mass is 28.3. The van der Waals surface area contributed by atoms with E-state index in [-0.39, 0.29) is 0 Å². The van der Waals surface area contributed by atoms with E-state index in [0.29, 0.717) is 11.1 Å². The Kier molecular flexibility index (Phi) is 12.3. The minimum atomic E-state index is -2.98. The maximum absolute atomic E-state index is 9.55. The van der Waals surface area contributed by atoms with Gasteiger partial charge in [0.05, 0.1) is 67.4 Å². The van der Waals surface area contributed by atoms with Gasteiger partial charge < -0.3 is 18.3 Å². The van der Waals surface area contributed by atoms with Crippen molar-refractivity contribution in [3.63, 3.8) is 0 Å². The van der Waals surface area contributed by atoms with Crippen LogP contribution in [0, 0.1) is 22.7 Å². The summed E-state index contributed by atoms with van der Waals surface area (Å²) >= 11 is 0. The number of para-hydroxylation sites is 4. The number of hydrogen-bond donors (Lipinski definition) is 0. The molecule has 0 aliphatic carbocycles. The Bertz CT molecular complexity index is 5720. The van der Waals surface area contributed by atoms with Crippen LogP contribution in [-0.2, 0) is 0 Å². The molecule has 0 unspecified atom stereocenters. The zero-order chi connectivity index (χ0) is 61.7. The van der Waals surface area contributed by atoms with Crippen molar-refractivity contribution < 1.29 is 0 Å². The van der Waals surface area contributed by atoms with Crippen LogP contribution in [0.1, 0.15) is 11.1 Å². The SMILES string of the molecule is N#Cc1ccc(-n2c3ccccc3c3cc(-c4ccc5c(c4)c4ccccc4n5-c4ccc([Si](c5ccccc5)(c5ccccc5)c5ccc(-n6c7ccccc7c7cc(-c8ccc9c(c8)c8ccccc8n9-c8ccc(C#N)cc8)ccc76)cc5)cc4)ccc32)cc1. The standard InChI is InChI=1S/C86H54N6Si/c87-55-57-27-35-63(36-28-57)89-79-23-11-7-19-71(79)75-51-59(31-47-83(75)89)61-33-49-85-77(53-61)73-21-9-13-25-81(73)91(85)65-39-43-69(44-40-65)93(67-15-3-1-4-16-67,68-17-5-2-6-18-68)70-45-41-66(42-46-70)92-82-26-14-10-22-74(82)78-54-62(34-50-86(78)92)60-32-48-84-76(52-60)72-20-8-12-24-80(72)90(84)64-37-29-58(56-88)30-38-64/h1-54H. The molecule has 93 heavy (non-hydrogen) atoms. The molecule has 4 heterocycles. The first kappa shape index (κ1) is 53.5. The molecule has 6 nitrogen and oxygen atoms in total. The Labute approximate surface area is 537 Å². The molecule has 0 spiro atoms. The predicted molar refractivity (Wildman–Crippen MR) is 388 cm³/mol. The van der Waals surface area contributed by atoms with Gasteiger partial charge in [-0.3, -0.25) is 0 Å². The minimum absolute atomic E-state index is 0.646. The molecular weight excluding hydrogens is 1150 g/mol. The molecule has 0 N–H and O–H groups in total. The molecule has 0 saturated carbocycles. The van der Waals surface area contributed by atoms with Crippen LogP contribution in [0.5, 0.6) is 0 Å². The normalized spacial score (nSPS) is 11.8. The summed E-state index contributed by atoms with van der Waals surface area (Å²) in [6, 6.07) is 124. The smallest absolute Gasteiger partial charge is 0.179 e. The van der Waals surface area contributed by atoms with E-state index in [1.54, 1.807) is 0 Å². The third kappa shape index (κ3) is 8.32. The van der Waals surface area contributed by atoms with Crippen molar-refractivity contribution in [2.24, 2.45) is 0 Å². The second-order valence-electron chi connectivity index (χ2n) is 24.2. The summed E-state index contributed by atoms with van der Waals surface area (Å²) < 4.78 is 9.46. The van der Waals surface area contributed by atoms with E-state index in [2.05, 4.69) is 309 Å². The van der Waals surface area contributed by atoms with E-state index in [1.807, 2.05) is 48.5 Å². The average Bonchev–Trinajstić information content (AvgIpc) is 1.75. The van der Waals surface area contributed by atoms with E-state index in [0.717, 1.165) is 89.1 Å². The second kappa shape index (κ2) is 21.3. The first-order valence-corrected chi connectivity index (χ1v) is 33.5. The Morgan fingerprint density at radius 3 is 0.699 bits per heavy atom. The Hall–Kier alpha value is -12.5. The number of fused-ring (bicyclic) bond motifs is 12. The lowest BCUT2D eigenvalue weighted by Gasteiger charge is -2.34. The summed E-state index contributed by atoms with van der Waals surface area (Å²) in [5.41, 5.74) is 19.3. The Morgan fingerprint density at radius 1 is 0.204 bits per heavy atom. The third-order valence-electron chi connectivity index (χ3n) is 19.4. The first-order valence-electron chi connectivity index (χ1n) is 31.5. The average molecular weight is 1200 g/mol. The number of hydrogen-bond acceptors (Lipinski definition) is 2. The van der Waals surface area contributed by atoms with Gasteiger partial charge in [-0.2, -0.15) is 10.5 Å². The molecular formula is C86H54N6Si. The molecule has 0 fully saturated rings. The van der Waals surface area contributed by atoms with Crippen molar-refractivity contribution in [3.8, 4) is 57.1 Å². The molecule has 7 heteroatoms. The molecule has 0 aliphatic rings. The molecule has 14 aromatic carbocycles. The lowest BCUT2D eigenvalue weighted by atomic mass is 10.0. The lowest BCUT2D eigenvalue weighted by Crippen LogP contribution is -2.74. The van der Waals surface area contributed by atoms with Gasteiger partial charge in [0.2, 0.25) is 0 Å². The zero-order valence-corrected chi connectivity index (χ0v) is 51.4. The van der Waals surface area contributed by atoms with Crippen molar-refractivity contribution in [1.29, 1.82) is 10.5 Å². The van der Waals surface area contributed by atoms with Crippen LogP contribution >= 0.6 is 0 Å². The highest BCUT2D eigenvalue weighted by molar-refractivity contribution is 7.19. The van der Waals surface area contributed by atoms with Gasteiger partial charge in [0.15, 0.2) is 8.07 Å². The summed E-state index contributed by atoms with van der Waals surface area (Å²) in [6.07, 6.45) is 0. The van der Waals surface area contributed by atoms with Crippen LogP contribution in [0.4, 0.5) is 0 Å². The van der Waals surface area contributed by atoms with Crippen LogP contribution in [0.3, 0.4) is 0 Å². The van der Waals surface area contributed by atoms with Gasteiger partial charge in [-0.1, -0.05) is 182 Å². The van der Waals surface area contributed by atoms with Crippen LogP contribution in [0.25, 0.3) is 132 Å². The molecule has 0 saturated heterocycles. The monoisotopic (exact) mass is 1200 g/mol. The van der Waals surface area contributed by atoms with Crippen LogP contribution in [0.2, 0.25) is 0 Å². The molecule has 0 amide bonds. The van der Waals surface area contributed by atoms with Gasteiger partial charge in [0.25, 0.3) is 0 Å². The van der Waals surface area contributed by atoms with Gasteiger partial charge in [-0.25, -0.2) is 0 Å². The van der Waals surface area contributed by atoms with Crippen molar-refractivity contribution in [2.45, 2.75) is 0 Å². The summed E-state index contributed by atoms with van der Waals surface area (Å²) in [4.78, 5) is 0. The number of nitriles is 2. The number of aromatic nitrogens is 4. The Morgan fingerprint density at radius 2 is 0.430 bits per heavy atom. The van der Waals surface area contributed by atoms with Gasteiger partial charge in [-0.05, 0) is 189 Å². The fourth-order valence-corrected chi connectivity index (χ4v) is 19.9. The number of benzene rings is 14. The summed E-state index contributed by atoms with van der Waals surface area (Å²) in [6.45, 7) is 0. The largest absolute Gasteiger partial charge is 0.309 e. The summed E-state index contributed by atoms with van der Waals surface area (Å²) in [5.74, 6) is 0. The van der Waals surface area contributed by atoms with Crippen LogP contribution in [-0.4, -0.2) is 26.3 Å². The van der Waals surface area contributed by atoms with E-state index in [9.17, 15) is 10.5 Å². The fourth-order valence-electron chi connectivity index (χ4n) is 15.2. The van der Waals surface area contributed by atoms with E-state index in [4.69, 9.17) is 0 Å². The van der Waals surface area contributed by atoms with Crippen molar-refractivity contribution in [3.05, 3.63) is 339 Å². The molecule has 432 valence electrons. The van der Waals surface area contributed by atoms with Crippen molar-refractivity contribution >= 4 is 116 Å². The number of nitrogens with zero attached hydrogens (tertiary/aromatic N) is 6. The highest BCUT2D eigenvalue weighted by Crippen LogP contribution is 2.41.